The second kappa shape index (κ2) is 8.21. The van der Waals surface area contributed by atoms with Crippen molar-refractivity contribution in [1.82, 2.24) is 5.32 Å². The van der Waals surface area contributed by atoms with Crippen molar-refractivity contribution in [3.63, 3.8) is 0 Å². The van der Waals surface area contributed by atoms with Crippen molar-refractivity contribution < 1.29 is 12.8 Å². The minimum Gasteiger partial charge on any atom is -0.317 e. The lowest BCUT2D eigenvalue weighted by Crippen LogP contribution is -2.30. The third kappa shape index (κ3) is 5.09. The van der Waals surface area contributed by atoms with E-state index in [-0.39, 0.29) is 11.4 Å². The SMILES string of the molecule is CCCNCCCCS(=O)(=O)N(C)c1ccccc1F. The lowest BCUT2D eigenvalue weighted by Gasteiger charge is -2.19. The molecule has 0 aliphatic rings. The smallest absolute Gasteiger partial charge is 0.234 e. The predicted molar refractivity (Wildman–Crippen MR) is 81.0 cm³/mol. The van der Waals surface area contributed by atoms with Gasteiger partial charge in [-0.3, -0.25) is 4.31 Å². The molecule has 0 aliphatic carbocycles. The first-order valence-corrected chi connectivity index (χ1v) is 8.52. The number of para-hydroxylation sites is 1. The Bertz CT molecular complexity index is 506. The summed E-state index contributed by atoms with van der Waals surface area (Å²) < 4.78 is 38.8. The number of sulfonamides is 1. The Morgan fingerprint density at radius 1 is 1.20 bits per heavy atom. The molecule has 20 heavy (non-hydrogen) atoms. The van der Waals surface area contributed by atoms with E-state index >= 15 is 0 Å². The molecule has 0 aliphatic heterocycles. The molecule has 0 unspecified atom stereocenters. The number of unbranched alkanes of at least 4 members (excludes halogenated alkanes) is 1. The standard InChI is InChI=1S/C14H23FN2O2S/c1-3-10-16-11-6-7-12-20(18,19)17(2)14-9-5-4-8-13(14)15/h4-5,8-9,16H,3,6-7,10-12H2,1-2H3. The van der Waals surface area contributed by atoms with Gasteiger partial charge in [-0.15, -0.1) is 0 Å². The van der Waals surface area contributed by atoms with Crippen molar-refractivity contribution in [2.45, 2.75) is 26.2 Å². The summed E-state index contributed by atoms with van der Waals surface area (Å²) in [5, 5.41) is 3.22. The highest BCUT2D eigenvalue weighted by Gasteiger charge is 2.20. The molecule has 0 saturated carbocycles. The Morgan fingerprint density at radius 3 is 2.55 bits per heavy atom. The zero-order valence-electron chi connectivity index (χ0n) is 12.1. The number of nitrogens with zero attached hydrogens (tertiary/aromatic N) is 1. The lowest BCUT2D eigenvalue weighted by atomic mass is 10.3. The van der Waals surface area contributed by atoms with E-state index in [1.807, 2.05) is 0 Å². The van der Waals surface area contributed by atoms with Crippen molar-refractivity contribution in [1.29, 1.82) is 0 Å². The van der Waals surface area contributed by atoms with Gasteiger partial charge in [0.1, 0.15) is 5.82 Å². The Hall–Kier alpha value is -1.14. The summed E-state index contributed by atoms with van der Waals surface area (Å²) in [4.78, 5) is 0. The molecular formula is C14H23FN2O2S. The van der Waals surface area contributed by atoms with Crippen LogP contribution in [0.5, 0.6) is 0 Å². The summed E-state index contributed by atoms with van der Waals surface area (Å²) >= 11 is 0. The van der Waals surface area contributed by atoms with E-state index in [4.69, 9.17) is 0 Å². The molecule has 1 rings (SSSR count). The Labute approximate surface area is 121 Å². The molecule has 1 N–H and O–H groups in total. The molecule has 0 heterocycles. The molecule has 4 nitrogen and oxygen atoms in total. The first-order valence-electron chi connectivity index (χ1n) is 6.91. The van der Waals surface area contributed by atoms with Crippen molar-refractivity contribution >= 4 is 15.7 Å². The fourth-order valence-corrected chi connectivity index (χ4v) is 3.12. The average Bonchev–Trinajstić information content (AvgIpc) is 2.42. The van der Waals surface area contributed by atoms with E-state index in [0.29, 0.717) is 6.42 Å². The number of hydrogen-bond donors (Lipinski definition) is 1. The summed E-state index contributed by atoms with van der Waals surface area (Å²) in [6.07, 6.45) is 2.43. The van der Waals surface area contributed by atoms with Gasteiger partial charge in [0.25, 0.3) is 0 Å². The number of hydrogen-bond acceptors (Lipinski definition) is 3. The average molecular weight is 302 g/mol. The topological polar surface area (TPSA) is 49.4 Å². The van der Waals surface area contributed by atoms with Gasteiger partial charge in [-0.05, 0) is 44.5 Å². The van der Waals surface area contributed by atoms with Gasteiger partial charge in [-0.2, -0.15) is 0 Å². The Kier molecular flexibility index (Phi) is 6.95. The van der Waals surface area contributed by atoms with Crippen molar-refractivity contribution in [2.75, 3.05) is 30.2 Å². The fraction of sp³-hybridized carbons (Fsp3) is 0.571. The first-order chi connectivity index (χ1) is 9.49. The van der Waals surface area contributed by atoms with E-state index in [2.05, 4.69) is 12.2 Å². The number of anilines is 1. The summed E-state index contributed by atoms with van der Waals surface area (Å²) in [6.45, 7) is 3.84. The molecule has 0 saturated heterocycles. The van der Waals surface area contributed by atoms with Crippen LogP contribution < -0.4 is 9.62 Å². The number of halogens is 1. The molecule has 0 fully saturated rings. The van der Waals surface area contributed by atoms with E-state index in [9.17, 15) is 12.8 Å². The zero-order chi connectivity index (χ0) is 15.0. The third-order valence-corrected chi connectivity index (χ3v) is 4.88. The van der Waals surface area contributed by atoms with Gasteiger partial charge in [0.15, 0.2) is 0 Å². The largest absolute Gasteiger partial charge is 0.317 e. The highest BCUT2D eigenvalue weighted by molar-refractivity contribution is 7.92. The molecule has 0 amide bonds. The van der Waals surface area contributed by atoms with Crippen LogP contribution in [0.15, 0.2) is 24.3 Å². The highest BCUT2D eigenvalue weighted by atomic mass is 32.2. The van der Waals surface area contributed by atoms with Gasteiger partial charge in [-0.1, -0.05) is 19.1 Å². The predicted octanol–water partition coefficient (Wildman–Crippen LogP) is 2.37. The molecule has 0 spiro atoms. The number of benzene rings is 1. The van der Waals surface area contributed by atoms with Gasteiger partial charge in [0.05, 0.1) is 11.4 Å². The van der Waals surface area contributed by atoms with Crippen LogP contribution in [0.1, 0.15) is 26.2 Å². The summed E-state index contributed by atoms with van der Waals surface area (Å²) in [7, 11) is -2.07. The van der Waals surface area contributed by atoms with Crippen LogP contribution in [0, 0.1) is 5.82 Å². The Balaban J connectivity index is 2.50. The van der Waals surface area contributed by atoms with Crippen LogP contribution in [-0.2, 0) is 10.0 Å². The van der Waals surface area contributed by atoms with Gasteiger partial charge >= 0.3 is 0 Å². The molecule has 1 aromatic rings. The van der Waals surface area contributed by atoms with E-state index in [0.717, 1.165) is 30.2 Å². The quantitative estimate of drug-likeness (QED) is 0.713. The number of rotatable bonds is 9. The van der Waals surface area contributed by atoms with Crippen LogP contribution in [0.4, 0.5) is 10.1 Å². The van der Waals surface area contributed by atoms with Gasteiger partial charge in [0.2, 0.25) is 10.0 Å². The van der Waals surface area contributed by atoms with Gasteiger partial charge in [-0.25, -0.2) is 12.8 Å². The minimum absolute atomic E-state index is 0.0334. The monoisotopic (exact) mass is 302 g/mol. The van der Waals surface area contributed by atoms with Crippen LogP contribution in [-0.4, -0.2) is 34.3 Å². The van der Waals surface area contributed by atoms with Crippen molar-refractivity contribution in [2.24, 2.45) is 0 Å². The normalized spacial score (nSPS) is 11.6. The maximum absolute atomic E-state index is 13.6. The fourth-order valence-electron chi connectivity index (χ4n) is 1.83. The number of nitrogens with one attached hydrogen (secondary N) is 1. The molecule has 0 radical (unpaired) electrons. The molecule has 0 aromatic heterocycles. The maximum Gasteiger partial charge on any atom is 0.234 e. The molecule has 0 atom stereocenters. The minimum atomic E-state index is -3.46. The van der Waals surface area contributed by atoms with Crippen LogP contribution in [0.2, 0.25) is 0 Å². The molecule has 0 bridgehead atoms. The van der Waals surface area contributed by atoms with Crippen LogP contribution >= 0.6 is 0 Å². The second-order valence-corrected chi connectivity index (χ2v) is 6.81. The molecule has 114 valence electrons. The van der Waals surface area contributed by atoms with Crippen molar-refractivity contribution in [3.8, 4) is 0 Å². The molecular weight excluding hydrogens is 279 g/mol. The summed E-state index contributed by atoms with van der Waals surface area (Å²) in [6, 6.07) is 5.89. The summed E-state index contributed by atoms with van der Waals surface area (Å²) in [5.41, 5.74) is 0.0941. The third-order valence-electron chi connectivity index (χ3n) is 3.04. The molecule has 1 aromatic carbocycles. The second-order valence-electron chi connectivity index (χ2n) is 4.69. The van der Waals surface area contributed by atoms with Crippen molar-refractivity contribution in [3.05, 3.63) is 30.1 Å². The summed E-state index contributed by atoms with van der Waals surface area (Å²) in [5.74, 6) is -0.491. The first kappa shape index (κ1) is 16.9. The van der Waals surface area contributed by atoms with E-state index < -0.39 is 15.8 Å². The van der Waals surface area contributed by atoms with E-state index in [1.165, 1.54) is 19.2 Å². The van der Waals surface area contributed by atoms with Crippen LogP contribution in [0.25, 0.3) is 0 Å². The van der Waals surface area contributed by atoms with Gasteiger partial charge < -0.3 is 5.32 Å². The maximum atomic E-state index is 13.6. The highest BCUT2D eigenvalue weighted by Crippen LogP contribution is 2.20. The Morgan fingerprint density at radius 2 is 1.90 bits per heavy atom. The van der Waals surface area contributed by atoms with E-state index in [1.54, 1.807) is 12.1 Å². The zero-order valence-corrected chi connectivity index (χ0v) is 12.9. The molecule has 6 heteroatoms. The lowest BCUT2D eigenvalue weighted by molar-refractivity contribution is 0.581. The van der Waals surface area contributed by atoms with Gasteiger partial charge in [0, 0.05) is 7.05 Å². The van der Waals surface area contributed by atoms with Crippen LogP contribution in [0.3, 0.4) is 0 Å².